The van der Waals surface area contributed by atoms with Gasteiger partial charge in [-0.15, -0.1) is 0 Å². The normalized spacial score (nSPS) is 13.1. The summed E-state index contributed by atoms with van der Waals surface area (Å²) >= 11 is 5.32. The fraction of sp³-hybridized carbons (Fsp3) is 0.250. The lowest BCUT2D eigenvalue weighted by Crippen LogP contribution is -2.25. The Hall–Kier alpha value is -3.52. The molecule has 8 heteroatoms. The molecule has 162 valence electrons. The van der Waals surface area contributed by atoms with Crippen molar-refractivity contribution >= 4 is 34.7 Å². The van der Waals surface area contributed by atoms with Crippen LogP contribution in [0.3, 0.4) is 0 Å². The summed E-state index contributed by atoms with van der Waals surface area (Å²) in [5.41, 5.74) is 3.10. The number of aryl methyl sites for hydroxylation is 2. The summed E-state index contributed by atoms with van der Waals surface area (Å²) in [5, 5.41) is 3.48. The Labute approximate surface area is 189 Å². The van der Waals surface area contributed by atoms with Gasteiger partial charge in [0.2, 0.25) is 5.91 Å². The van der Waals surface area contributed by atoms with Gasteiger partial charge in [-0.2, -0.15) is 0 Å². The van der Waals surface area contributed by atoms with Crippen LogP contribution in [0.4, 0.5) is 5.69 Å². The molecule has 0 unspecified atom stereocenters. The Morgan fingerprint density at radius 3 is 2.91 bits per heavy atom. The fourth-order valence-electron chi connectivity index (χ4n) is 4.15. The quantitative estimate of drug-likeness (QED) is 0.449. The van der Waals surface area contributed by atoms with Gasteiger partial charge < -0.3 is 14.9 Å². The first kappa shape index (κ1) is 20.4. The number of nitrogens with one attached hydrogen (secondary N) is 2. The second-order valence-corrected chi connectivity index (χ2v) is 8.39. The molecule has 0 fully saturated rings. The Morgan fingerprint density at radius 2 is 2.03 bits per heavy atom. The van der Waals surface area contributed by atoms with Crippen molar-refractivity contribution in [1.82, 2.24) is 19.1 Å². The average molecular weight is 446 g/mol. The summed E-state index contributed by atoms with van der Waals surface area (Å²) in [6.07, 6.45) is 5.59. The van der Waals surface area contributed by atoms with Crippen molar-refractivity contribution < 1.29 is 4.79 Å². The fourth-order valence-corrected chi connectivity index (χ4v) is 4.43. The number of amides is 1. The number of H-pyrrole nitrogens is 1. The molecule has 0 atom stereocenters. The van der Waals surface area contributed by atoms with Gasteiger partial charge in [0, 0.05) is 43.4 Å². The first-order chi connectivity index (χ1) is 15.6. The molecule has 0 saturated heterocycles. The van der Waals surface area contributed by atoms with Gasteiger partial charge in [-0.25, -0.2) is 4.98 Å². The summed E-state index contributed by atoms with van der Waals surface area (Å²) in [5.74, 6) is 0.943. The number of fused-ring (bicyclic) bond motifs is 2. The minimum atomic E-state index is -0.192. The molecule has 0 bridgehead atoms. The number of anilines is 1. The number of aromatic nitrogens is 4. The Morgan fingerprint density at radius 1 is 1.16 bits per heavy atom. The Balaban J connectivity index is 1.30. The monoisotopic (exact) mass is 445 g/mol. The van der Waals surface area contributed by atoms with Gasteiger partial charge in [-0.1, -0.05) is 24.3 Å². The number of imidazole rings is 1. The summed E-state index contributed by atoms with van der Waals surface area (Å²) in [6, 6.07) is 14.9. The number of rotatable bonds is 5. The van der Waals surface area contributed by atoms with Crippen LogP contribution in [0.2, 0.25) is 0 Å². The van der Waals surface area contributed by atoms with Crippen molar-refractivity contribution in [3.8, 4) is 11.3 Å². The minimum absolute atomic E-state index is 0.138. The maximum atomic E-state index is 12.7. The van der Waals surface area contributed by atoms with E-state index in [1.165, 1.54) is 17.4 Å². The Bertz CT molecular complexity index is 1410. The van der Waals surface area contributed by atoms with E-state index in [4.69, 9.17) is 17.2 Å². The van der Waals surface area contributed by atoms with Gasteiger partial charge in [0.1, 0.15) is 5.82 Å². The molecule has 2 N–H and O–H groups in total. The van der Waals surface area contributed by atoms with Crippen molar-refractivity contribution in [2.45, 2.75) is 38.8 Å². The molecular formula is C24H23N5O2S. The lowest BCUT2D eigenvalue weighted by molar-refractivity contribution is -0.116. The zero-order valence-corrected chi connectivity index (χ0v) is 18.3. The molecule has 0 aliphatic carbocycles. The topological polar surface area (TPSA) is 84.7 Å². The van der Waals surface area contributed by atoms with Crippen LogP contribution in [-0.4, -0.2) is 25.0 Å². The molecule has 5 rings (SSSR count). The van der Waals surface area contributed by atoms with Crippen molar-refractivity contribution in [2.75, 3.05) is 5.32 Å². The van der Waals surface area contributed by atoms with Crippen molar-refractivity contribution in [2.24, 2.45) is 0 Å². The molecule has 0 spiro atoms. The predicted octanol–water partition coefficient (Wildman–Crippen LogP) is 4.29. The number of carbonyl (C=O) groups is 1. The van der Waals surface area contributed by atoms with Crippen LogP contribution in [0.1, 0.15) is 25.1 Å². The number of para-hydroxylation sites is 1. The zero-order valence-electron chi connectivity index (χ0n) is 17.5. The summed E-state index contributed by atoms with van der Waals surface area (Å²) < 4.78 is 3.96. The third-order valence-electron chi connectivity index (χ3n) is 5.80. The smallest absolute Gasteiger partial charge is 0.262 e. The van der Waals surface area contributed by atoms with E-state index in [1.807, 2.05) is 36.4 Å². The molecule has 3 heterocycles. The van der Waals surface area contributed by atoms with Gasteiger partial charge in [-0.05, 0) is 49.3 Å². The van der Waals surface area contributed by atoms with Crippen LogP contribution in [0.5, 0.6) is 0 Å². The van der Waals surface area contributed by atoms with E-state index in [9.17, 15) is 9.59 Å². The van der Waals surface area contributed by atoms with Crippen LogP contribution in [0, 0.1) is 4.77 Å². The molecule has 0 radical (unpaired) electrons. The molecule has 32 heavy (non-hydrogen) atoms. The summed E-state index contributed by atoms with van der Waals surface area (Å²) in [6.45, 7) is 1.22. The molecular weight excluding hydrogens is 422 g/mol. The lowest BCUT2D eigenvalue weighted by Gasteiger charge is -2.11. The molecule has 1 aliphatic rings. The van der Waals surface area contributed by atoms with E-state index >= 15 is 0 Å². The highest BCUT2D eigenvalue weighted by Gasteiger charge is 2.14. The summed E-state index contributed by atoms with van der Waals surface area (Å²) in [7, 11) is 0. The number of aromatic amines is 1. The van der Waals surface area contributed by atoms with E-state index in [0.29, 0.717) is 21.4 Å². The predicted molar refractivity (Wildman–Crippen MR) is 127 cm³/mol. The van der Waals surface area contributed by atoms with Crippen molar-refractivity contribution in [3.63, 3.8) is 0 Å². The third kappa shape index (κ3) is 4.01. The van der Waals surface area contributed by atoms with Gasteiger partial charge in [0.05, 0.1) is 16.6 Å². The SMILES string of the molecule is O=C(CCn1c(=S)[nH]c2ccccc2c1=O)Nc1cccc(-c2cn3c(n2)CCCC3)c1. The summed E-state index contributed by atoms with van der Waals surface area (Å²) in [4.78, 5) is 33.1. The number of carbonyl (C=O) groups excluding carboxylic acids is 1. The second kappa shape index (κ2) is 8.55. The van der Waals surface area contributed by atoms with Crippen LogP contribution in [0.25, 0.3) is 22.2 Å². The molecule has 2 aromatic heterocycles. The lowest BCUT2D eigenvalue weighted by atomic mass is 10.1. The van der Waals surface area contributed by atoms with Crippen LogP contribution < -0.4 is 10.9 Å². The van der Waals surface area contributed by atoms with Gasteiger partial charge in [0.25, 0.3) is 5.56 Å². The van der Waals surface area contributed by atoms with E-state index in [0.717, 1.165) is 30.0 Å². The highest BCUT2D eigenvalue weighted by molar-refractivity contribution is 7.71. The molecule has 2 aromatic carbocycles. The third-order valence-corrected chi connectivity index (χ3v) is 6.12. The highest BCUT2D eigenvalue weighted by Crippen LogP contribution is 2.25. The molecule has 1 amide bonds. The maximum absolute atomic E-state index is 12.7. The van der Waals surface area contributed by atoms with E-state index in [-0.39, 0.29) is 24.4 Å². The number of hydrogen-bond donors (Lipinski definition) is 2. The number of nitrogens with zero attached hydrogens (tertiary/aromatic N) is 3. The van der Waals surface area contributed by atoms with Crippen LogP contribution in [0.15, 0.2) is 59.5 Å². The largest absolute Gasteiger partial charge is 0.334 e. The number of hydrogen-bond acceptors (Lipinski definition) is 4. The zero-order chi connectivity index (χ0) is 22.1. The second-order valence-electron chi connectivity index (χ2n) is 8.00. The van der Waals surface area contributed by atoms with Gasteiger partial charge in [0.15, 0.2) is 4.77 Å². The first-order valence-corrected chi connectivity index (χ1v) is 11.2. The first-order valence-electron chi connectivity index (χ1n) is 10.8. The van der Waals surface area contributed by atoms with Crippen LogP contribution in [-0.2, 0) is 24.3 Å². The van der Waals surface area contributed by atoms with Crippen LogP contribution >= 0.6 is 12.2 Å². The highest BCUT2D eigenvalue weighted by atomic mass is 32.1. The molecule has 1 aliphatic heterocycles. The Kier molecular flexibility index (Phi) is 5.45. The van der Waals surface area contributed by atoms with E-state index < -0.39 is 0 Å². The average Bonchev–Trinajstić information content (AvgIpc) is 3.23. The minimum Gasteiger partial charge on any atom is -0.334 e. The van der Waals surface area contributed by atoms with E-state index in [2.05, 4.69) is 21.1 Å². The number of benzene rings is 2. The van der Waals surface area contributed by atoms with E-state index in [1.54, 1.807) is 12.1 Å². The molecule has 4 aromatic rings. The van der Waals surface area contributed by atoms with Crippen molar-refractivity contribution in [3.05, 3.63) is 75.7 Å². The molecule has 0 saturated carbocycles. The van der Waals surface area contributed by atoms with Gasteiger partial charge >= 0.3 is 0 Å². The molecule has 7 nitrogen and oxygen atoms in total. The maximum Gasteiger partial charge on any atom is 0.262 e. The standard InChI is InChI=1S/C24H23N5O2S/c30-22(11-13-29-23(31)18-8-1-2-9-19(18)27-24(29)32)25-17-7-5-6-16(14-17)20-15-28-12-4-3-10-21(28)26-20/h1-2,5-9,14-15H,3-4,10-13H2,(H,25,30)(H,27,32). The van der Waals surface area contributed by atoms with Crippen molar-refractivity contribution in [1.29, 1.82) is 0 Å². The van der Waals surface area contributed by atoms with Gasteiger partial charge in [-0.3, -0.25) is 14.2 Å².